The van der Waals surface area contributed by atoms with Crippen LogP contribution in [0, 0.1) is 24.1 Å². The van der Waals surface area contributed by atoms with Gasteiger partial charge in [-0.1, -0.05) is 12.2 Å². The van der Waals surface area contributed by atoms with Crippen molar-refractivity contribution in [3.63, 3.8) is 0 Å². The van der Waals surface area contributed by atoms with E-state index < -0.39 is 34.7 Å². The number of nitrogens with zero attached hydrogens (tertiary/aromatic N) is 4. The van der Waals surface area contributed by atoms with E-state index in [0.717, 1.165) is 23.6 Å². The van der Waals surface area contributed by atoms with Gasteiger partial charge in [-0.2, -0.15) is 18.4 Å². The van der Waals surface area contributed by atoms with Crippen LogP contribution < -0.4 is 9.80 Å². The lowest BCUT2D eigenvalue weighted by atomic mass is 9.74. The van der Waals surface area contributed by atoms with E-state index in [2.05, 4.69) is 4.98 Å². The molecule has 1 amide bonds. The Morgan fingerprint density at radius 1 is 1.29 bits per heavy atom. The van der Waals surface area contributed by atoms with Crippen molar-refractivity contribution in [2.24, 2.45) is 0 Å². The molecule has 1 saturated carbocycles. The van der Waals surface area contributed by atoms with Gasteiger partial charge in [0, 0.05) is 12.7 Å². The molecule has 0 N–H and O–H groups in total. The molecule has 0 atom stereocenters. The molecule has 0 radical (unpaired) electrons. The van der Waals surface area contributed by atoms with Crippen molar-refractivity contribution in [2.75, 3.05) is 16.8 Å². The molecule has 5 nitrogen and oxygen atoms in total. The number of hydrogen-bond acceptors (Lipinski definition) is 4. The fourth-order valence-electron chi connectivity index (χ4n) is 3.63. The Morgan fingerprint density at radius 3 is 2.45 bits per heavy atom. The topological polar surface area (TPSA) is 60.2 Å². The second-order valence-corrected chi connectivity index (χ2v) is 7.57. The number of likely N-dealkylation sites (N-methyl/N-ethyl adjacent to an activating group) is 1. The lowest BCUT2D eigenvalue weighted by Gasteiger charge is -2.49. The quantitative estimate of drug-likeness (QED) is 0.485. The number of hydrogen-bond donors (Lipinski definition) is 0. The summed E-state index contributed by atoms with van der Waals surface area (Å²) < 4.78 is 53.7. The minimum atomic E-state index is -4.79. The number of benzene rings is 1. The number of alkyl halides is 3. The van der Waals surface area contributed by atoms with Gasteiger partial charge in [0.25, 0.3) is 5.91 Å². The van der Waals surface area contributed by atoms with E-state index >= 15 is 0 Å². The number of thiocarbonyl (C=S) groups is 1. The van der Waals surface area contributed by atoms with Crippen molar-refractivity contribution in [1.29, 1.82) is 5.26 Å². The van der Waals surface area contributed by atoms with Gasteiger partial charge in [-0.25, -0.2) is 9.37 Å². The second-order valence-electron chi connectivity index (χ2n) is 7.36. The summed E-state index contributed by atoms with van der Waals surface area (Å²) >= 11 is 5.14. The summed E-state index contributed by atoms with van der Waals surface area (Å²) in [5.74, 6) is -0.871. The van der Waals surface area contributed by atoms with Crippen LogP contribution in [-0.2, 0) is 11.0 Å². The number of aromatic nitrogens is 1. The van der Waals surface area contributed by atoms with Crippen LogP contribution in [0.5, 0.6) is 0 Å². The van der Waals surface area contributed by atoms with Crippen molar-refractivity contribution < 1.29 is 22.4 Å². The van der Waals surface area contributed by atoms with E-state index in [1.165, 1.54) is 30.7 Å². The zero-order chi connectivity index (χ0) is 23.0. The minimum Gasteiger partial charge on any atom is -0.323 e. The van der Waals surface area contributed by atoms with Crippen LogP contribution in [-0.4, -0.2) is 29.0 Å². The fraction of sp³-hybridized carbons (Fsp3) is 0.333. The highest BCUT2D eigenvalue weighted by Gasteiger charge is 2.50. The molecule has 3 rings (SSSR count). The summed E-state index contributed by atoms with van der Waals surface area (Å²) in [7, 11) is 1.35. The van der Waals surface area contributed by atoms with Gasteiger partial charge in [-0.05, 0) is 56.0 Å². The molecule has 10 heteroatoms. The summed E-state index contributed by atoms with van der Waals surface area (Å²) in [5, 5.41) is 8.93. The van der Waals surface area contributed by atoms with Crippen LogP contribution in [0.25, 0.3) is 0 Å². The summed E-state index contributed by atoms with van der Waals surface area (Å²) in [6.07, 6.45) is -2.16. The van der Waals surface area contributed by atoms with Crippen LogP contribution >= 0.6 is 12.2 Å². The number of amides is 1. The molecule has 0 spiro atoms. The van der Waals surface area contributed by atoms with Crippen LogP contribution in [0.2, 0.25) is 0 Å². The third-order valence-corrected chi connectivity index (χ3v) is 5.75. The van der Waals surface area contributed by atoms with E-state index in [9.17, 15) is 22.4 Å². The fourth-order valence-corrected chi connectivity index (χ4v) is 3.95. The minimum absolute atomic E-state index is 0.0952. The standard InChI is InChI=1S/C21H18F4N4OS/c1-13-8-14(4-5-17(13)22)29(12-31)20(6-3-7-20)19(30)28(2)15-9-16(21(23,24)25)18(10-26)27-11-15/h4-5,8-9,11-12H,3,6-7H2,1-2H3. The van der Waals surface area contributed by atoms with Gasteiger partial charge >= 0.3 is 6.18 Å². The molecule has 1 aromatic heterocycles. The van der Waals surface area contributed by atoms with Crippen molar-refractivity contribution in [1.82, 2.24) is 4.98 Å². The molecular formula is C21H18F4N4OS. The molecule has 0 aliphatic heterocycles. The Hall–Kier alpha value is -3.06. The van der Waals surface area contributed by atoms with Crippen molar-refractivity contribution >= 4 is 35.0 Å². The van der Waals surface area contributed by atoms with E-state index in [4.69, 9.17) is 17.5 Å². The van der Waals surface area contributed by atoms with E-state index in [1.807, 2.05) is 0 Å². The monoisotopic (exact) mass is 450 g/mol. The predicted octanol–water partition coefficient (Wildman–Crippen LogP) is 4.77. The van der Waals surface area contributed by atoms with Crippen molar-refractivity contribution in [3.8, 4) is 6.07 Å². The molecule has 1 aromatic carbocycles. The van der Waals surface area contributed by atoms with Crippen molar-refractivity contribution in [3.05, 3.63) is 53.1 Å². The van der Waals surface area contributed by atoms with E-state index in [1.54, 1.807) is 17.9 Å². The first-order valence-corrected chi connectivity index (χ1v) is 9.78. The Balaban J connectivity index is 2.00. The first kappa shape index (κ1) is 22.6. The lowest BCUT2D eigenvalue weighted by molar-refractivity contribution is -0.138. The summed E-state index contributed by atoms with van der Waals surface area (Å²) in [4.78, 5) is 19.7. The SMILES string of the molecule is Cc1cc(N(C=S)C2(C(=O)N(C)c3cnc(C#N)c(C(F)(F)F)c3)CCC2)ccc1F. The van der Waals surface area contributed by atoms with E-state index in [-0.39, 0.29) is 5.69 Å². The average Bonchev–Trinajstić information content (AvgIpc) is 2.70. The Kier molecular flexibility index (Phi) is 6.00. The lowest BCUT2D eigenvalue weighted by Crippen LogP contribution is -2.63. The number of carbonyl (C=O) groups excluding carboxylic acids is 1. The van der Waals surface area contributed by atoms with Gasteiger partial charge in [-0.3, -0.25) is 4.79 Å². The average molecular weight is 450 g/mol. The maximum atomic E-state index is 13.7. The Labute approximate surface area is 181 Å². The maximum Gasteiger partial charge on any atom is 0.419 e. The first-order valence-electron chi connectivity index (χ1n) is 9.31. The number of aryl methyl sites for hydroxylation is 1. The second kappa shape index (κ2) is 8.23. The normalized spacial score (nSPS) is 14.9. The Morgan fingerprint density at radius 2 is 1.97 bits per heavy atom. The molecule has 1 heterocycles. The number of halogens is 4. The van der Waals surface area contributed by atoms with Crippen LogP contribution in [0.1, 0.15) is 36.1 Å². The molecule has 0 unspecified atom stereocenters. The van der Waals surface area contributed by atoms with Crippen LogP contribution in [0.3, 0.4) is 0 Å². The summed E-state index contributed by atoms with van der Waals surface area (Å²) in [6, 6.07) is 6.50. The van der Waals surface area contributed by atoms with Crippen LogP contribution in [0.15, 0.2) is 30.5 Å². The number of anilines is 2. The summed E-state index contributed by atoms with van der Waals surface area (Å²) in [6.45, 7) is 1.59. The molecule has 162 valence electrons. The smallest absolute Gasteiger partial charge is 0.323 e. The molecule has 1 fully saturated rings. The van der Waals surface area contributed by atoms with Gasteiger partial charge in [-0.15, -0.1) is 0 Å². The molecule has 0 bridgehead atoms. The third-order valence-electron chi connectivity index (χ3n) is 5.54. The van der Waals surface area contributed by atoms with Gasteiger partial charge < -0.3 is 9.80 Å². The largest absolute Gasteiger partial charge is 0.419 e. The number of carbonyl (C=O) groups is 1. The highest BCUT2D eigenvalue weighted by Crippen LogP contribution is 2.42. The number of pyridine rings is 1. The molecule has 31 heavy (non-hydrogen) atoms. The highest BCUT2D eigenvalue weighted by molar-refractivity contribution is 7.79. The number of rotatable bonds is 5. The molecule has 1 aliphatic rings. The Bertz CT molecular complexity index is 1080. The zero-order valence-electron chi connectivity index (χ0n) is 16.7. The summed E-state index contributed by atoms with van der Waals surface area (Å²) in [5.41, 5.74) is -0.983. The highest BCUT2D eigenvalue weighted by atomic mass is 32.1. The van der Waals surface area contributed by atoms with E-state index in [0.29, 0.717) is 24.1 Å². The zero-order valence-corrected chi connectivity index (χ0v) is 17.5. The van der Waals surface area contributed by atoms with Crippen molar-refractivity contribution in [2.45, 2.75) is 37.9 Å². The van der Waals surface area contributed by atoms with Gasteiger partial charge in [0.15, 0.2) is 5.69 Å². The molecule has 1 aliphatic carbocycles. The molecule has 2 aromatic rings. The predicted molar refractivity (Wildman–Crippen MR) is 111 cm³/mol. The third kappa shape index (κ3) is 3.97. The number of nitriles is 1. The van der Waals surface area contributed by atoms with Gasteiger partial charge in [0.2, 0.25) is 0 Å². The van der Waals surface area contributed by atoms with Gasteiger partial charge in [0.05, 0.1) is 22.9 Å². The molecule has 0 saturated heterocycles. The van der Waals surface area contributed by atoms with Gasteiger partial charge in [0.1, 0.15) is 17.4 Å². The first-order chi connectivity index (χ1) is 14.5. The van der Waals surface area contributed by atoms with Crippen LogP contribution in [0.4, 0.5) is 28.9 Å². The molecular weight excluding hydrogens is 432 g/mol. The maximum absolute atomic E-state index is 13.7.